The highest BCUT2D eigenvalue weighted by atomic mass is 16.1. The molecule has 0 aromatic heterocycles. The molecule has 0 spiro atoms. The molecule has 2 aromatic rings. The van der Waals surface area contributed by atoms with E-state index < -0.39 is 0 Å². The Morgan fingerprint density at radius 2 is 1.13 bits per heavy atom. The SMILES string of the molecule is CCCCN(CCCC)c1cccc2c(C=O)ccc(N(CCCC)CCCC)c12. The van der Waals surface area contributed by atoms with E-state index in [0.29, 0.717) is 0 Å². The number of unbranched alkanes of at least 4 members (excludes halogenated alkanes) is 4. The first-order valence-corrected chi connectivity index (χ1v) is 12.2. The average molecular weight is 411 g/mol. The number of aldehydes is 1. The molecule has 0 heterocycles. The van der Waals surface area contributed by atoms with Gasteiger partial charge in [0.15, 0.2) is 6.29 Å². The zero-order valence-corrected chi connectivity index (χ0v) is 19.8. The lowest BCUT2D eigenvalue weighted by Gasteiger charge is -2.31. The third-order valence-electron chi connectivity index (χ3n) is 5.97. The topological polar surface area (TPSA) is 23.6 Å². The Kier molecular flexibility index (Phi) is 10.8. The van der Waals surface area contributed by atoms with Crippen molar-refractivity contribution in [1.29, 1.82) is 0 Å². The van der Waals surface area contributed by atoms with E-state index in [1.807, 2.05) is 6.07 Å². The molecule has 2 aromatic carbocycles. The lowest BCUT2D eigenvalue weighted by molar-refractivity contribution is 0.112. The molecular formula is C27H42N2O. The lowest BCUT2D eigenvalue weighted by atomic mass is 9.99. The molecule has 0 fully saturated rings. The lowest BCUT2D eigenvalue weighted by Crippen LogP contribution is -2.28. The van der Waals surface area contributed by atoms with Gasteiger partial charge in [0.05, 0.1) is 0 Å². The Balaban J connectivity index is 2.64. The monoisotopic (exact) mass is 410 g/mol. The molecule has 3 nitrogen and oxygen atoms in total. The van der Waals surface area contributed by atoms with E-state index in [-0.39, 0.29) is 0 Å². The molecule has 0 radical (unpaired) electrons. The number of carbonyl (C=O) groups is 1. The number of nitrogens with zero attached hydrogens (tertiary/aromatic N) is 2. The van der Waals surface area contributed by atoms with Crippen molar-refractivity contribution in [3.63, 3.8) is 0 Å². The van der Waals surface area contributed by atoms with Crippen LogP contribution in [0.5, 0.6) is 0 Å². The van der Waals surface area contributed by atoms with E-state index >= 15 is 0 Å². The number of benzene rings is 2. The van der Waals surface area contributed by atoms with Crippen molar-refractivity contribution in [3.8, 4) is 0 Å². The molecule has 30 heavy (non-hydrogen) atoms. The Hall–Kier alpha value is -2.03. The van der Waals surface area contributed by atoms with Crippen LogP contribution in [0.4, 0.5) is 11.4 Å². The predicted octanol–water partition coefficient (Wildman–Crippen LogP) is 7.47. The van der Waals surface area contributed by atoms with Gasteiger partial charge >= 0.3 is 0 Å². The molecule has 0 N–H and O–H groups in total. The third-order valence-corrected chi connectivity index (χ3v) is 5.97. The van der Waals surface area contributed by atoms with Gasteiger partial charge in [-0.05, 0) is 49.3 Å². The van der Waals surface area contributed by atoms with Crippen LogP contribution in [0, 0.1) is 0 Å². The molecule has 0 aliphatic rings. The Bertz CT molecular complexity index is 729. The number of hydrogen-bond acceptors (Lipinski definition) is 3. The van der Waals surface area contributed by atoms with E-state index in [1.54, 1.807) is 0 Å². The first kappa shape index (κ1) is 24.2. The zero-order chi connectivity index (χ0) is 21.8. The largest absolute Gasteiger partial charge is 0.371 e. The Morgan fingerprint density at radius 3 is 1.57 bits per heavy atom. The van der Waals surface area contributed by atoms with Crippen molar-refractivity contribution in [2.75, 3.05) is 36.0 Å². The zero-order valence-electron chi connectivity index (χ0n) is 19.8. The molecular weight excluding hydrogens is 368 g/mol. The summed E-state index contributed by atoms with van der Waals surface area (Å²) >= 11 is 0. The molecule has 0 amide bonds. The first-order valence-electron chi connectivity index (χ1n) is 12.2. The summed E-state index contributed by atoms with van der Waals surface area (Å²) in [6.07, 6.45) is 10.6. The molecule has 0 saturated carbocycles. The van der Waals surface area contributed by atoms with E-state index in [0.717, 1.165) is 43.4 Å². The molecule has 0 aliphatic carbocycles. The number of carbonyl (C=O) groups excluding carboxylic acids is 1. The van der Waals surface area contributed by atoms with Gasteiger partial charge in [0.1, 0.15) is 0 Å². The summed E-state index contributed by atoms with van der Waals surface area (Å²) in [5.74, 6) is 0. The molecule has 0 aliphatic heterocycles. The van der Waals surface area contributed by atoms with Gasteiger partial charge in [0.25, 0.3) is 0 Å². The van der Waals surface area contributed by atoms with E-state index in [4.69, 9.17) is 0 Å². The van der Waals surface area contributed by atoms with Gasteiger partial charge in [0, 0.05) is 48.5 Å². The van der Waals surface area contributed by atoms with Crippen molar-refractivity contribution >= 4 is 28.4 Å². The second-order valence-corrected chi connectivity index (χ2v) is 8.38. The number of hydrogen-bond donors (Lipinski definition) is 0. The Labute approximate surface area is 184 Å². The van der Waals surface area contributed by atoms with Crippen LogP contribution in [0.2, 0.25) is 0 Å². The number of anilines is 2. The van der Waals surface area contributed by atoms with Crippen LogP contribution >= 0.6 is 0 Å². The maximum Gasteiger partial charge on any atom is 0.150 e. The van der Waals surface area contributed by atoms with Gasteiger partial charge in [-0.3, -0.25) is 4.79 Å². The normalized spacial score (nSPS) is 11.1. The van der Waals surface area contributed by atoms with Gasteiger partial charge in [-0.25, -0.2) is 0 Å². The van der Waals surface area contributed by atoms with Crippen LogP contribution in [0.1, 0.15) is 89.4 Å². The highest BCUT2D eigenvalue weighted by Crippen LogP contribution is 2.37. The molecule has 0 saturated heterocycles. The van der Waals surface area contributed by atoms with Gasteiger partial charge in [-0.2, -0.15) is 0 Å². The average Bonchev–Trinajstić information content (AvgIpc) is 2.78. The first-order chi connectivity index (χ1) is 14.7. The fourth-order valence-corrected chi connectivity index (χ4v) is 4.12. The van der Waals surface area contributed by atoms with Crippen LogP contribution in [0.25, 0.3) is 10.8 Å². The summed E-state index contributed by atoms with van der Waals surface area (Å²) < 4.78 is 0. The van der Waals surface area contributed by atoms with E-state index in [1.165, 1.54) is 68.1 Å². The smallest absolute Gasteiger partial charge is 0.150 e. The van der Waals surface area contributed by atoms with Gasteiger partial charge in [0.2, 0.25) is 0 Å². The molecule has 0 unspecified atom stereocenters. The molecule has 166 valence electrons. The van der Waals surface area contributed by atoms with E-state index in [2.05, 4.69) is 61.8 Å². The summed E-state index contributed by atoms with van der Waals surface area (Å²) in [6, 6.07) is 10.7. The fourth-order valence-electron chi connectivity index (χ4n) is 4.12. The minimum atomic E-state index is 0.799. The minimum Gasteiger partial charge on any atom is -0.371 e. The van der Waals surface area contributed by atoms with Gasteiger partial charge in [-0.1, -0.05) is 65.5 Å². The molecule has 0 atom stereocenters. The minimum absolute atomic E-state index is 0.799. The summed E-state index contributed by atoms with van der Waals surface area (Å²) in [5, 5.41) is 2.36. The van der Waals surface area contributed by atoms with E-state index in [9.17, 15) is 4.79 Å². The second kappa shape index (κ2) is 13.3. The van der Waals surface area contributed by atoms with Gasteiger partial charge in [-0.15, -0.1) is 0 Å². The van der Waals surface area contributed by atoms with Crippen molar-refractivity contribution in [2.45, 2.75) is 79.1 Å². The molecule has 2 rings (SSSR count). The Morgan fingerprint density at radius 1 is 0.667 bits per heavy atom. The fraction of sp³-hybridized carbons (Fsp3) is 0.593. The maximum atomic E-state index is 11.8. The summed E-state index contributed by atoms with van der Waals surface area (Å²) in [6.45, 7) is 13.3. The van der Waals surface area contributed by atoms with Crippen LogP contribution in [-0.4, -0.2) is 32.5 Å². The van der Waals surface area contributed by atoms with Crippen molar-refractivity contribution in [1.82, 2.24) is 0 Å². The quantitative estimate of drug-likeness (QED) is 0.285. The van der Waals surface area contributed by atoms with Crippen molar-refractivity contribution in [3.05, 3.63) is 35.9 Å². The highest BCUT2D eigenvalue weighted by molar-refractivity contribution is 6.10. The van der Waals surface area contributed by atoms with Crippen LogP contribution in [0.3, 0.4) is 0 Å². The summed E-state index contributed by atoms with van der Waals surface area (Å²) in [4.78, 5) is 17.0. The second-order valence-electron chi connectivity index (χ2n) is 8.38. The van der Waals surface area contributed by atoms with Crippen LogP contribution < -0.4 is 9.80 Å². The van der Waals surface area contributed by atoms with Crippen molar-refractivity contribution in [2.24, 2.45) is 0 Å². The maximum absolute atomic E-state index is 11.8. The summed E-state index contributed by atoms with van der Waals surface area (Å²) in [7, 11) is 0. The third kappa shape index (κ3) is 6.23. The standard InChI is InChI=1S/C27H42N2O/c1-5-9-18-28(19-10-6-2)25-15-13-14-24-23(22-30)16-17-26(27(24)25)29(20-11-7-3)21-12-8-4/h13-17,22H,5-12,18-21H2,1-4H3. The van der Waals surface area contributed by atoms with Crippen molar-refractivity contribution < 1.29 is 4.79 Å². The van der Waals surface area contributed by atoms with Gasteiger partial charge < -0.3 is 9.80 Å². The molecule has 0 bridgehead atoms. The van der Waals surface area contributed by atoms with Crippen LogP contribution in [-0.2, 0) is 0 Å². The van der Waals surface area contributed by atoms with Crippen LogP contribution in [0.15, 0.2) is 30.3 Å². The predicted molar refractivity (Wildman–Crippen MR) is 133 cm³/mol. The summed E-state index contributed by atoms with van der Waals surface area (Å²) in [5.41, 5.74) is 3.39. The molecule has 3 heteroatoms. The number of rotatable bonds is 15. The highest BCUT2D eigenvalue weighted by Gasteiger charge is 2.18. The number of fused-ring (bicyclic) bond motifs is 1.